The molecule has 6 nitrogen and oxygen atoms in total. The van der Waals surface area contributed by atoms with Crippen LogP contribution in [-0.2, 0) is 16.0 Å². The molecule has 130 valence electrons. The number of aryl methyl sites for hydroxylation is 1. The second-order valence-electron chi connectivity index (χ2n) is 6.02. The molecule has 3 heterocycles. The first-order valence-electron chi connectivity index (χ1n) is 8.48. The Morgan fingerprint density at radius 2 is 2.21 bits per heavy atom. The number of aromatic nitrogens is 2. The number of amides is 1. The van der Waals surface area contributed by atoms with Crippen molar-refractivity contribution in [1.82, 2.24) is 14.9 Å². The van der Waals surface area contributed by atoms with Gasteiger partial charge in [0.05, 0.1) is 18.4 Å². The molecule has 0 radical (unpaired) electrons. The van der Waals surface area contributed by atoms with Crippen molar-refractivity contribution in [3.05, 3.63) is 17.3 Å². The highest BCUT2D eigenvalue weighted by atomic mass is 32.1. The fourth-order valence-electron chi connectivity index (χ4n) is 2.98. The number of anilines is 1. The Bertz CT molecular complexity index is 695. The van der Waals surface area contributed by atoms with E-state index in [0.717, 1.165) is 54.2 Å². The smallest absolute Gasteiger partial charge is 0.224 e. The summed E-state index contributed by atoms with van der Waals surface area (Å²) in [6.07, 6.45) is 3.18. The summed E-state index contributed by atoms with van der Waals surface area (Å²) in [6.45, 7) is 4.15. The zero-order valence-electron chi connectivity index (χ0n) is 14.2. The van der Waals surface area contributed by atoms with E-state index in [-0.39, 0.29) is 5.91 Å². The SMILES string of the molecule is CCc1nc(NC2CCN(C(=O)CCOC)CC2)c2ccsc2n1. The molecule has 24 heavy (non-hydrogen) atoms. The number of methoxy groups -OCH3 is 1. The summed E-state index contributed by atoms with van der Waals surface area (Å²) >= 11 is 1.65. The van der Waals surface area contributed by atoms with Crippen LogP contribution in [0, 0.1) is 0 Å². The van der Waals surface area contributed by atoms with Gasteiger partial charge in [-0.15, -0.1) is 11.3 Å². The average molecular weight is 348 g/mol. The third-order valence-electron chi connectivity index (χ3n) is 4.40. The first-order chi connectivity index (χ1) is 11.7. The topological polar surface area (TPSA) is 67.4 Å². The van der Waals surface area contributed by atoms with Crippen molar-refractivity contribution >= 4 is 33.3 Å². The number of nitrogens with zero attached hydrogens (tertiary/aromatic N) is 3. The molecule has 3 rings (SSSR count). The number of likely N-dealkylation sites (tertiary alicyclic amines) is 1. The Hall–Kier alpha value is -1.73. The van der Waals surface area contributed by atoms with Gasteiger partial charge in [0.1, 0.15) is 16.5 Å². The fraction of sp³-hybridized carbons (Fsp3) is 0.588. The van der Waals surface area contributed by atoms with Crippen LogP contribution in [0.15, 0.2) is 11.4 Å². The summed E-state index contributed by atoms with van der Waals surface area (Å²) in [4.78, 5) is 24.3. The Morgan fingerprint density at radius 1 is 1.42 bits per heavy atom. The zero-order chi connectivity index (χ0) is 16.9. The largest absolute Gasteiger partial charge is 0.384 e. The van der Waals surface area contributed by atoms with Gasteiger partial charge in [0.15, 0.2) is 0 Å². The molecule has 0 aromatic carbocycles. The third-order valence-corrected chi connectivity index (χ3v) is 5.20. The molecule has 0 bridgehead atoms. The molecule has 1 saturated heterocycles. The van der Waals surface area contributed by atoms with E-state index < -0.39 is 0 Å². The molecule has 0 aliphatic carbocycles. The van der Waals surface area contributed by atoms with Gasteiger partial charge >= 0.3 is 0 Å². The predicted octanol–water partition coefficient (Wildman–Crippen LogP) is 2.69. The van der Waals surface area contributed by atoms with E-state index in [2.05, 4.69) is 33.7 Å². The minimum absolute atomic E-state index is 0.186. The minimum Gasteiger partial charge on any atom is -0.384 e. The summed E-state index contributed by atoms with van der Waals surface area (Å²) < 4.78 is 4.99. The quantitative estimate of drug-likeness (QED) is 0.869. The molecular formula is C17H24N4O2S. The Kier molecular flexibility index (Phi) is 5.63. The number of rotatable bonds is 6. The monoisotopic (exact) mass is 348 g/mol. The number of fused-ring (bicyclic) bond motifs is 1. The summed E-state index contributed by atoms with van der Waals surface area (Å²) in [7, 11) is 1.63. The van der Waals surface area contributed by atoms with E-state index in [9.17, 15) is 4.79 Å². The second kappa shape index (κ2) is 7.90. The normalized spacial score (nSPS) is 15.8. The van der Waals surface area contributed by atoms with Gasteiger partial charge in [0.2, 0.25) is 5.91 Å². The molecular weight excluding hydrogens is 324 g/mol. The highest BCUT2D eigenvalue weighted by Gasteiger charge is 2.23. The number of hydrogen-bond donors (Lipinski definition) is 1. The molecule has 2 aromatic rings. The van der Waals surface area contributed by atoms with Crippen LogP contribution in [0.2, 0.25) is 0 Å². The number of carbonyl (C=O) groups is 1. The van der Waals surface area contributed by atoms with Crippen molar-refractivity contribution in [2.45, 2.75) is 38.6 Å². The number of nitrogens with one attached hydrogen (secondary N) is 1. The molecule has 0 atom stereocenters. The third kappa shape index (κ3) is 3.84. The van der Waals surface area contributed by atoms with Gasteiger partial charge in [-0.1, -0.05) is 6.92 Å². The molecule has 1 fully saturated rings. The number of thiophene rings is 1. The van der Waals surface area contributed by atoms with Crippen LogP contribution in [0.5, 0.6) is 0 Å². The second-order valence-corrected chi connectivity index (χ2v) is 6.92. The minimum atomic E-state index is 0.186. The molecule has 0 unspecified atom stereocenters. The van der Waals surface area contributed by atoms with E-state index >= 15 is 0 Å². The van der Waals surface area contributed by atoms with Crippen LogP contribution < -0.4 is 5.32 Å². The average Bonchev–Trinajstić information content (AvgIpc) is 3.09. The maximum atomic E-state index is 12.1. The maximum Gasteiger partial charge on any atom is 0.224 e. The van der Waals surface area contributed by atoms with Gasteiger partial charge in [-0.3, -0.25) is 4.79 Å². The van der Waals surface area contributed by atoms with Crippen molar-refractivity contribution in [2.75, 3.05) is 32.1 Å². The van der Waals surface area contributed by atoms with Crippen LogP contribution in [0.1, 0.15) is 32.0 Å². The number of piperidine rings is 1. The van der Waals surface area contributed by atoms with Gasteiger partial charge in [0.25, 0.3) is 0 Å². The van der Waals surface area contributed by atoms with Crippen LogP contribution >= 0.6 is 11.3 Å². The zero-order valence-corrected chi connectivity index (χ0v) is 15.1. The van der Waals surface area contributed by atoms with Crippen LogP contribution in [0.3, 0.4) is 0 Å². The lowest BCUT2D eigenvalue weighted by Gasteiger charge is -2.32. The Balaban J connectivity index is 1.62. The van der Waals surface area contributed by atoms with Crippen LogP contribution in [0.25, 0.3) is 10.2 Å². The summed E-state index contributed by atoms with van der Waals surface area (Å²) in [5, 5.41) is 6.73. The van der Waals surface area contributed by atoms with Crippen molar-refractivity contribution in [2.24, 2.45) is 0 Å². The van der Waals surface area contributed by atoms with E-state index in [1.165, 1.54) is 0 Å². The first kappa shape index (κ1) is 17.1. The van der Waals surface area contributed by atoms with E-state index in [1.807, 2.05) is 4.90 Å². The van der Waals surface area contributed by atoms with Gasteiger partial charge in [-0.05, 0) is 24.3 Å². The lowest BCUT2D eigenvalue weighted by atomic mass is 10.0. The maximum absolute atomic E-state index is 12.1. The lowest BCUT2D eigenvalue weighted by molar-refractivity contribution is -0.133. The summed E-state index contributed by atoms with van der Waals surface area (Å²) in [5.41, 5.74) is 0. The first-order valence-corrected chi connectivity index (χ1v) is 9.36. The molecule has 2 aromatic heterocycles. The fourth-order valence-corrected chi connectivity index (χ4v) is 3.76. The van der Waals surface area contributed by atoms with E-state index in [4.69, 9.17) is 4.74 Å². The van der Waals surface area contributed by atoms with E-state index in [1.54, 1.807) is 18.4 Å². The van der Waals surface area contributed by atoms with E-state index in [0.29, 0.717) is 19.1 Å². The Labute approximate surface area is 146 Å². The van der Waals surface area contributed by atoms with Crippen molar-refractivity contribution in [3.63, 3.8) is 0 Å². The van der Waals surface area contributed by atoms with Crippen molar-refractivity contribution in [1.29, 1.82) is 0 Å². The molecule has 0 spiro atoms. The highest BCUT2D eigenvalue weighted by molar-refractivity contribution is 7.16. The standard InChI is InChI=1S/C17H24N4O2S/c1-3-14-19-16(13-7-11-24-17(13)20-14)18-12-4-8-21(9-5-12)15(22)6-10-23-2/h7,11-12H,3-6,8-10H2,1-2H3,(H,18,19,20). The highest BCUT2D eigenvalue weighted by Crippen LogP contribution is 2.27. The molecule has 1 amide bonds. The Morgan fingerprint density at radius 3 is 2.92 bits per heavy atom. The summed E-state index contributed by atoms with van der Waals surface area (Å²) in [5.74, 6) is 1.99. The predicted molar refractivity (Wildman–Crippen MR) is 96.5 cm³/mol. The molecule has 1 N–H and O–H groups in total. The van der Waals surface area contributed by atoms with Gasteiger partial charge in [-0.2, -0.15) is 0 Å². The van der Waals surface area contributed by atoms with Crippen molar-refractivity contribution in [3.8, 4) is 0 Å². The summed E-state index contributed by atoms with van der Waals surface area (Å²) in [6, 6.07) is 2.42. The lowest BCUT2D eigenvalue weighted by Crippen LogP contribution is -2.42. The number of ether oxygens (including phenoxy) is 1. The van der Waals surface area contributed by atoms with Crippen LogP contribution in [-0.4, -0.2) is 53.6 Å². The molecule has 1 aliphatic heterocycles. The van der Waals surface area contributed by atoms with Gasteiger partial charge < -0.3 is 15.0 Å². The number of carbonyl (C=O) groups excluding carboxylic acids is 1. The van der Waals surface area contributed by atoms with Gasteiger partial charge in [0, 0.05) is 32.7 Å². The molecule has 1 aliphatic rings. The molecule has 7 heteroatoms. The van der Waals surface area contributed by atoms with Crippen LogP contribution in [0.4, 0.5) is 5.82 Å². The number of hydrogen-bond acceptors (Lipinski definition) is 6. The molecule has 0 saturated carbocycles. The van der Waals surface area contributed by atoms with Gasteiger partial charge in [-0.25, -0.2) is 9.97 Å². The van der Waals surface area contributed by atoms with Crippen molar-refractivity contribution < 1.29 is 9.53 Å².